The third-order valence-corrected chi connectivity index (χ3v) is 5.15. The smallest absolute Gasteiger partial charge is 0.134 e. The van der Waals surface area contributed by atoms with Gasteiger partial charge in [0.15, 0.2) is 0 Å². The van der Waals surface area contributed by atoms with Gasteiger partial charge in [0.1, 0.15) is 11.1 Å². The second kappa shape index (κ2) is 6.69. The summed E-state index contributed by atoms with van der Waals surface area (Å²) in [6, 6.07) is 10.8. The van der Waals surface area contributed by atoms with Gasteiger partial charge in [0.25, 0.3) is 0 Å². The van der Waals surface area contributed by atoms with Crippen LogP contribution in [0.3, 0.4) is 0 Å². The Hall–Kier alpha value is -1.23. The molecule has 0 aliphatic heterocycles. The summed E-state index contributed by atoms with van der Waals surface area (Å²) < 4.78 is 5.99. The first-order chi connectivity index (χ1) is 10.3. The lowest BCUT2D eigenvalue weighted by atomic mass is 9.98. The van der Waals surface area contributed by atoms with E-state index < -0.39 is 0 Å². The molecule has 3 rings (SSSR count). The zero-order valence-electron chi connectivity index (χ0n) is 12.6. The SMILES string of the molecule is CCOC(c1ccccc1)c1nc2c(s1)CCCC2NC. The molecule has 1 aromatic heterocycles. The minimum Gasteiger partial charge on any atom is -0.367 e. The minimum absolute atomic E-state index is 0.0377. The van der Waals surface area contributed by atoms with Gasteiger partial charge in [-0.1, -0.05) is 30.3 Å². The van der Waals surface area contributed by atoms with E-state index in [1.807, 2.05) is 31.4 Å². The zero-order chi connectivity index (χ0) is 14.7. The summed E-state index contributed by atoms with van der Waals surface area (Å²) >= 11 is 1.82. The summed E-state index contributed by atoms with van der Waals surface area (Å²) in [7, 11) is 2.02. The second-order valence-corrected chi connectivity index (χ2v) is 6.46. The van der Waals surface area contributed by atoms with Crippen LogP contribution in [-0.2, 0) is 11.2 Å². The van der Waals surface area contributed by atoms with Crippen molar-refractivity contribution in [2.75, 3.05) is 13.7 Å². The van der Waals surface area contributed by atoms with Crippen LogP contribution < -0.4 is 5.32 Å². The Morgan fingerprint density at radius 2 is 2.19 bits per heavy atom. The fraction of sp³-hybridized carbons (Fsp3) is 0.471. The fourth-order valence-electron chi connectivity index (χ4n) is 2.94. The molecule has 0 saturated carbocycles. The van der Waals surface area contributed by atoms with Gasteiger partial charge in [-0.25, -0.2) is 4.98 Å². The number of fused-ring (bicyclic) bond motifs is 1. The molecule has 2 atom stereocenters. The third kappa shape index (κ3) is 3.03. The number of nitrogens with zero attached hydrogens (tertiary/aromatic N) is 1. The number of hydrogen-bond acceptors (Lipinski definition) is 4. The highest BCUT2D eigenvalue weighted by Gasteiger charge is 2.27. The Labute approximate surface area is 130 Å². The summed E-state index contributed by atoms with van der Waals surface area (Å²) in [5.41, 5.74) is 2.43. The Balaban J connectivity index is 1.95. The van der Waals surface area contributed by atoms with Gasteiger partial charge in [-0.2, -0.15) is 0 Å². The van der Waals surface area contributed by atoms with Crippen molar-refractivity contribution in [1.82, 2.24) is 10.3 Å². The van der Waals surface area contributed by atoms with E-state index in [9.17, 15) is 0 Å². The Morgan fingerprint density at radius 1 is 1.38 bits per heavy atom. The molecule has 2 unspecified atom stereocenters. The van der Waals surface area contributed by atoms with E-state index in [2.05, 4.69) is 29.6 Å². The van der Waals surface area contributed by atoms with Gasteiger partial charge < -0.3 is 10.1 Å². The second-order valence-electron chi connectivity index (χ2n) is 5.34. The molecular weight excluding hydrogens is 280 g/mol. The van der Waals surface area contributed by atoms with E-state index in [1.165, 1.54) is 29.0 Å². The van der Waals surface area contributed by atoms with E-state index in [-0.39, 0.29) is 6.10 Å². The maximum atomic E-state index is 5.99. The van der Waals surface area contributed by atoms with E-state index in [4.69, 9.17) is 9.72 Å². The molecule has 0 saturated heterocycles. The third-order valence-electron chi connectivity index (χ3n) is 3.98. The average Bonchev–Trinajstić information content (AvgIpc) is 2.97. The molecule has 0 fully saturated rings. The molecule has 112 valence electrons. The van der Waals surface area contributed by atoms with Crippen LogP contribution in [0.25, 0.3) is 0 Å². The quantitative estimate of drug-likeness (QED) is 0.910. The Kier molecular flexibility index (Phi) is 4.68. The van der Waals surface area contributed by atoms with Crippen molar-refractivity contribution in [1.29, 1.82) is 0 Å². The normalized spacial score (nSPS) is 19.2. The fourth-order valence-corrected chi connectivity index (χ4v) is 4.18. The van der Waals surface area contributed by atoms with Gasteiger partial charge in [-0.15, -0.1) is 11.3 Å². The zero-order valence-corrected chi connectivity index (χ0v) is 13.5. The highest BCUT2D eigenvalue weighted by molar-refractivity contribution is 7.11. The molecule has 1 N–H and O–H groups in total. The topological polar surface area (TPSA) is 34.1 Å². The first-order valence-corrected chi connectivity index (χ1v) is 8.48. The Bertz CT molecular complexity index is 582. The lowest BCUT2D eigenvalue weighted by Gasteiger charge is -2.20. The molecule has 21 heavy (non-hydrogen) atoms. The van der Waals surface area contributed by atoms with Gasteiger partial charge in [-0.05, 0) is 38.8 Å². The average molecular weight is 302 g/mol. The van der Waals surface area contributed by atoms with Crippen molar-refractivity contribution >= 4 is 11.3 Å². The van der Waals surface area contributed by atoms with Crippen molar-refractivity contribution in [3.05, 3.63) is 51.5 Å². The number of nitrogens with one attached hydrogen (secondary N) is 1. The molecule has 2 aromatic rings. The number of thiazole rings is 1. The number of hydrogen-bond donors (Lipinski definition) is 1. The summed E-state index contributed by atoms with van der Waals surface area (Å²) in [6.07, 6.45) is 3.53. The van der Waals surface area contributed by atoms with E-state index in [1.54, 1.807) is 0 Å². The first kappa shape index (κ1) is 14.7. The molecule has 1 aliphatic carbocycles. The summed E-state index contributed by atoms with van der Waals surface area (Å²) in [4.78, 5) is 6.36. The highest BCUT2D eigenvalue weighted by atomic mass is 32.1. The van der Waals surface area contributed by atoms with Crippen LogP contribution in [0.1, 0.15) is 53.1 Å². The van der Waals surface area contributed by atoms with Crippen molar-refractivity contribution in [2.45, 2.75) is 38.3 Å². The Morgan fingerprint density at radius 3 is 2.90 bits per heavy atom. The monoisotopic (exact) mass is 302 g/mol. The predicted octanol–water partition coefficient (Wildman–Crippen LogP) is 3.87. The molecule has 1 aliphatic rings. The summed E-state index contributed by atoms with van der Waals surface area (Å²) in [5.74, 6) is 0. The lowest BCUT2D eigenvalue weighted by molar-refractivity contribution is 0.0910. The molecule has 0 spiro atoms. The maximum absolute atomic E-state index is 5.99. The van der Waals surface area contributed by atoms with Gasteiger partial charge in [0.2, 0.25) is 0 Å². The lowest BCUT2D eigenvalue weighted by Crippen LogP contribution is -2.21. The molecule has 0 radical (unpaired) electrons. The summed E-state index contributed by atoms with van der Waals surface area (Å²) in [5, 5.41) is 4.48. The molecule has 1 heterocycles. The molecule has 0 amide bonds. The van der Waals surface area contributed by atoms with Crippen molar-refractivity contribution in [2.24, 2.45) is 0 Å². The van der Waals surface area contributed by atoms with Crippen LogP contribution in [0.15, 0.2) is 30.3 Å². The van der Waals surface area contributed by atoms with Gasteiger partial charge >= 0.3 is 0 Å². The number of aromatic nitrogens is 1. The van der Waals surface area contributed by atoms with E-state index in [0.29, 0.717) is 12.6 Å². The van der Waals surface area contributed by atoms with Crippen LogP contribution in [0.5, 0.6) is 0 Å². The van der Waals surface area contributed by atoms with Crippen molar-refractivity contribution in [3.8, 4) is 0 Å². The molecular formula is C17H22N2OS. The maximum Gasteiger partial charge on any atom is 0.134 e. The molecule has 4 heteroatoms. The van der Waals surface area contributed by atoms with Crippen LogP contribution in [0, 0.1) is 0 Å². The largest absolute Gasteiger partial charge is 0.367 e. The molecule has 0 bridgehead atoms. The highest BCUT2D eigenvalue weighted by Crippen LogP contribution is 2.37. The number of aryl methyl sites for hydroxylation is 1. The van der Waals surface area contributed by atoms with Gasteiger partial charge in [0, 0.05) is 11.5 Å². The van der Waals surface area contributed by atoms with Crippen molar-refractivity contribution < 1.29 is 4.74 Å². The molecule has 3 nitrogen and oxygen atoms in total. The predicted molar refractivity (Wildman–Crippen MR) is 86.8 cm³/mol. The number of benzene rings is 1. The van der Waals surface area contributed by atoms with Crippen molar-refractivity contribution in [3.63, 3.8) is 0 Å². The van der Waals surface area contributed by atoms with Crippen LogP contribution in [0.2, 0.25) is 0 Å². The van der Waals surface area contributed by atoms with Gasteiger partial charge in [0.05, 0.1) is 11.7 Å². The standard InChI is InChI=1S/C17H22N2OS/c1-3-20-16(12-8-5-4-6-9-12)17-19-15-13(18-2)10-7-11-14(15)21-17/h4-6,8-9,13,16,18H,3,7,10-11H2,1-2H3. The van der Waals surface area contributed by atoms with Gasteiger partial charge in [-0.3, -0.25) is 0 Å². The van der Waals surface area contributed by atoms with Crippen LogP contribution in [0.4, 0.5) is 0 Å². The number of ether oxygens (including phenoxy) is 1. The van der Waals surface area contributed by atoms with Crippen LogP contribution >= 0.6 is 11.3 Å². The summed E-state index contributed by atoms with van der Waals surface area (Å²) in [6.45, 7) is 2.74. The van der Waals surface area contributed by atoms with E-state index in [0.717, 1.165) is 11.4 Å². The van der Waals surface area contributed by atoms with Crippen LogP contribution in [-0.4, -0.2) is 18.6 Å². The number of rotatable bonds is 5. The van der Waals surface area contributed by atoms with E-state index >= 15 is 0 Å². The minimum atomic E-state index is -0.0377. The first-order valence-electron chi connectivity index (χ1n) is 7.66. The molecule has 1 aromatic carbocycles.